The van der Waals surface area contributed by atoms with Crippen LogP contribution in [0.3, 0.4) is 0 Å². The third-order valence-electron chi connectivity index (χ3n) is 3.81. The summed E-state index contributed by atoms with van der Waals surface area (Å²) in [6.45, 7) is 2.14. The zero-order valence-corrected chi connectivity index (χ0v) is 13.7. The molecule has 0 spiro atoms. The number of nitrogens with one attached hydrogen (secondary N) is 1. The van der Waals surface area contributed by atoms with Gasteiger partial charge in [-0.15, -0.1) is 0 Å². The first kappa shape index (κ1) is 17.4. The largest absolute Gasteiger partial charge is 0.480 e. The Morgan fingerprint density at radius 1 is 1.30 bits per heavy atom. The van der Waals surface area contributed by atoms with Crippen LogP contribution in [-0.4, -0.2) is 48.8 Å². The number of sulfonamides is 1. The van der Waals surface area contributed by atoms with Gasteiger partial charge >= 0.3 is 5.97 Å². The van der Waals surface area contributed by atoms with E-state index in [0.717, 1.165) is 9.87 Å². The number of hydrogen-bond donors (Lipinski definition) is 2. The number of carboxylic acid groups (broad SMARTS) is 1. The van der Waals surface area contributed by atoms with E-state index < -0.39 is 22.0 Å². The second-order valence-electron chi connectivity index (χ2n) is 5.49. The van der Waals surface area contributed by atoms with Crippen molar-refractivity contribution in [3.63, 3.8) is 0 Å². The number of amides is 1. The first-order valence-corrected chi connectivity index (χ1v) is 8.84. The fraction of sp³-hybridized carbons (Fsp3) is 0.467. The lowest BCUT2D eigenvalue weighted by Crippen LogP contribution is -2.40. The van der Waals surface area contributed by atoms with Crippen molar-refractivity contribution >= 4 is 21.9 Å². The molecule has 2 N–H and O–H groups in total. The Bertz CT molecular complexity index is 684. The molecule has 0 saturated carbocycles. The van der Waals surface area contributed by atoms with Crippen LogP contribution in [0.2, 0.25) is 0 Å². The van der Waals surface area contributed by atoms with Gasteiger partial charge < -0.3 is 10.4 Å². The minimum absolute atomic E-state index is 0.0916. The van der Waals surface area contributed by atoms with Gasteiger partial charge in [-0.3, -0.25) is 9.59 Å². The Balaban J connectivity index is 2.11. The Labute approximate surface area is 135 Å². The highest BCUT2D eigenvalue weighted by atomic mass is 32.2. The van der Waals surface area contributed by atoms with Crippen LogP contribution in [0.15, 0.2) is 29.2 Å². The standard InChI is InChI=1S/C15H20N2O5S/c1-11(18)16-9-8-12-4-6-13(7-5-12)23(21,22)17-10-2-3-14(17)15(19)20/h4-7,14H,2-3,8-10H2,1H3,(H,16,18)(H,19,20). The monoisotopic (exact) mass is 340 g/mol. The van der Waals surface area contributed by atoms with E-state index in [4.69, 9.17) is 5.11 Å². The molecule has 0 bridgehead atoms. The number of nitrogens with zero attached hydrogens (tertiary/aromatic N) is 1. The minimum Gasteiger partial charge on any atom is -0.480 e. The molecule has 8 heteroatoms. The molecule has 0 aromatic heterocycles. The van der Waals surface area contributed by atoms with Crippen LogP contribution in [0, 0.1) is 0 Å². The summed E-state index contributed by atoms with van der Waals surface area (Å²) in [5.41, 5.74) is 0.897. The first-order valence-electron chi connectivity index (χ1n) is 7.40. The molecule has 0 radical (unpaired) electrons. The highest BCUT2D eigenvalue weighted by Crippen LogP contribution is 2.26. The van der Waals surface area contributed by atoms with Gasteiger partial charge in [0.25, 0.3) is 0 Å². The van der Waals surface area contributed by atoms with Crippen LogP contribution < -0.4 is 5.32 Å². The highest BCUT2D eigenvalue weighted by molar-refractivity contribution is 7.89. The molecule has 2 rings (SSSR count). The van der Waals surface area contributed by atoms with Crippen molar-refractivity contribution < 1.29 is 23.1 Å². The molecular formula is C15H20N2O5S. The zero-order chi connectivity index (χ0) is 17.0. The van der Waals surface area contributed by atoms with Crippen molar-refractivity contribution in [2.45, 2.75) is 37.1 Å². The maximum Gasteiger partial charge on any atom is 0.322 e. The maximum atomic E-state index is 12.6. The Morgan fingerprint density at radius 2 is 1.96 bits per heavy atom. The minimum atomic E-state index is -3.80. The normalized spacial score (nSPS) is 18.7. The molecule has 1 aliphatic rings. The van der Waals surface area contributed by atoms with Crippen molar-refractivity contribution in [1.82, 2.24) is 9.62 Å². The fourth-order valence-electron chi connectivity index (χ4n) is 2.62. The number of carboxylic acids is 1. The molecule has 1 amide bonds. The van der Waals surface area contributed by atoms with Crippen LogP contribution in [0.1, 0.15) is 25.3 Å². The Morgan fingerprint density at radius 3 is 2.52 bits per heavy atom. The molecule has 1 aliphatic heterocycles. The predicted molar refractivity (Wildman–Crippen MR) is 83.4 cm³/mol. The second kappa shape index (κ2) is 7.10. The lowest BCUT2D eigenvalue weighted by atomic mass is 10.1. The molecule has 1 saturated heterocycles. The van der Waals surface area contributed by atoms with E-state index in [9.17, 15) is 18.0 Å². The van der Waals surface area contributed by atoms with Gasteiger partial charge in [0, 0.05) is 20.0 Å². The van der Waals surface area contributed by atoms with E-state index in [1.165, 1.54) is 19.1 Å². The van der Waals surface area contributed by atoms with E-state index in [0.29, 0.717) is 25.8 Å². The van der Waals surface area contributed by atoms with Gasteiger partial charge in [0.1, 0.15) is 6.04 Å². The van der Waals surface area contributed by atoms with Crippen molar-refractivity contribution in [2.24, 2.45) is 0 Å². The molecule has 1 aromatic carbocycles. The molecule has 23 heavy (non-hydrogen) atoms. The molecular weight excluding hydrogens is 320 g/mol. The summed E-state index contributed by atoms with van der Waals surface area (Å²) in [6.07, 6.45) is 1.48. The Kier molecular flexibility index (Phi) is 5.38. The SMILES string of the molecule is CC(=O)NCCc1ccc(S(=O)(=O)N2CCCC2C(=O)O)cc1. The maximum absolute atomic E-state index is 12.6. The zero-order valence-electron chi connectivity index (χ0n) is 12.9. The molecule has 1 aromatic rings. The number of benzene rings is 1. The number of carbonyl (C=O) groups is 2. The van der Waals surface area contributed by atoms with Gasteiger partial charge in [-0.1, -0.05) is 12.1 Å². The summed E-state index contributed by atoms with van der Waals surface area (Å²) in [6, 6.07) is 5.34. The van der Waals surface area contributed by atoms with E-state index in [1.54, 1.807) is 12.1 Å². The van der Waals surface area contributed by atoms with Crippen LogP contribution in [0.5, 0.6) is 0 Å². The highest BCUT2D eigenvalue weighted by Gasteiger charge is 2.39. The molecule has 1 fully saturated rings. The summed E-state index contributed by atoms with van der Waals surface area (Å²) in [7, 11) is -3.80. The molecule has 126 valence electrons. The van der Waals surface area contributed by atoms with Crippen molar-refractivity contribution in [3.8, 4) is 0 Å². The number of aliphatic carboxylic acids is 1. The smallest absolute Gasteiger partial charge is 0.322 e. The quantitative estimate of drug-likeness (QED) is 0.789. The molecule has 1 unspecified atom stereocenters. The number of rotatable bonds is 6. The molecule has 7 nitrogen and oxygen atoms in total. The third kappa shape index (κ3) is 4.08. The summed E-state index contributed by atoms with van der Waals surface area (Å²) in [5, 5.41) is 11.8. The number of hydrogen-bond acceptors (Lipinski definition) is 4. The average Bonchev–Trinajstić information content (AvgIpc) is 2.98. The number of carbonyl (C=O) groups excluding carboxylic acids is 1. The molecule has 1 atom stereocenters. The Hall–Kier alpha value is -1.93. The van der Waals surface area contributed by atoms with Crippen molar-refractivity contribution in [3.05, 3.63) is 29.8 Å². The van der Waals surface area contributed by atoms with Gasteiger partial charge in [0.15, 0.2) is 0 Å². The van der Waals surface area contributed by atoms with Crippen LogP contribution in [0.4, 0.5) is 0 Å². The van der Waals surface area contributed by atoms with Gasteiger partial charge in [0.05, 0.1) is 4.90 Å². The van der Waals surface area contributed by atoms with Gasteiger partial charge in [-0.25, -0.2) is 8.42 Å². The van der Waals surface area contributed by atoms with Crippen molar-refractivity contribution in [2.75, 3.05) is 13.1 Å². The molecule has 0 aliphatic carbocycles. The lowest BCUT2D eigenvalue weighted by Gasteiger charge is -2.21. The van der Waals surface area contributed by atoms with Gasteiger partial charge in [-0.2, -0.15) is 4.31 Å². The van der Waals surface area contributed by atoms with Crippen LogP contribution in [0.25, 0.3) is 0 Å². The summed E-state index contributed by atoms with van der Waals surface area (Å²) >= 11 is 0. The first-order chi connectivity index (χ1) is 10.8. The third-order valence-corrected chi connectivity index (χ3v) is 5.73. The van der Waals surface area contributed by atoms with Crippen LogP contribution >= 0.6 is 0 Å². The van der Waals surface area contributed by atoms with Crippen LogP contribution in [-0.2, 0) is 26.0 Å². The lowest BCUT2D eigenvalue weighted by molar-refractivity contribution is -0.140. The average molecular weight is 340 g/mol. The molecule has 1 heterocycles. The van der Waals surface area contributed by atoms with Gasteiger partial charge in [0.2, 0.25) is 15.9 Å². The van der Waals surface area contributed by atoms with E-state index in [1.807, 2.05) is 0 Å². The predicted octanol–water partition coefficient (Wildman–Crippen LogP) is 0.603. The summed E-state index contributed by atoms with van der Waals surface area (Å²) in [5.74, 6) is -1.23. The second-order valence-corrected chi connectivity index (χ2v) is 7.38. The summed E-state index contributed by atoms with van der Waals surface area (Å²) < 4.78 is 26.2. The van der Waals surface area contributed by atoms with E-state index in [2.05, 4.69) is 5.32 Å². The van der Waals surface area contributed by atoms with Gasteiger partial charge in [-0.05, 0) is 37.0 Å². The topological polar surface area (TPSA) is 104 Å². The van der Waals surface area contributed by atoms with Crippen molar-refractivity contribution in [1.29, 1.82) is 0 Å². The van der Waals surface area contributed by atoms with E-state index in [-0.39, 0.29) is 17.3 Å². The van der Waals surface area contributed by atoms with E-state index >= 15 is 0 Å². The summed E-state index contributed by atoms with van der Waals surface area (Å²) in [4.78, 5) is 22.1. The fourth-order valence-corrected chi connectivity index (χ4v) is 4.27.